The predicted octanol–water partition coefficient (Wildman–Crippen LogP) is 1.31. The summed E-state index contributed by atoms with van der Waals surface area (Å²) in [6.07, 6.45) is 2.16. The number of hydrogen-bond acceptors (Lipinski definition) is 2. The van der Waals surface area contributed by atoms with Crippen molar-refractivity contribution in [1.29, 1.82) is 0 Å². The zero-order valence-electron chi connectivity index (χ0n) is 6.91. The van der Waals surface area contributed by atoms with Gasteiger partial charge in [0.25, 0.3) is 0 Å². The highest BCUT2D eigenvalue weighted by molar-refractivity contribution is 5.12. The molecule has 1 aromatic rings. The molecule has 11 heavy (non-hydrogen) atoms. The van der Waals surface area contributed by atoms with Crippen molar-refractivity contribution >= 4 is 0 Å². The fourth-order valence-electron chi connectivity index (χ4n) is 0.922. The summed E-state index contributed by atoms with van der Waals surface area (Å²) in [5, 5.41) is 9.04. The average molecular weight is 151 g/mol. The van der Waals surface area contributed by atoms with E-state index in [-0.39, 0.29) is 6.10 Å². The van der Waals surface area contributed by atoms with Crippen molar-refractivity contribution in [3.05, 3.63) is 29.6 Å². The van der Waals surface area contributed by atoms with Crippen molar-refractivity contribution in [3.8, 4) is 0 Å². The Morgan fingerprint density at radius 3 is 2.73 bits per heavy atom. The Bertz CT molecular complexity index is 216. The van der Waals surface area contributed by atoms with Gasteiger partial charge < -0.3 is 5.11 Å². The van der Waals surface area contributed by atoms with Crippen LogP contribution >= 0.6 is 0 Å². The molecule has 1 aromatic heterocycles. The first-order chi connectivity index (χ1) is 5.18. The second-order valence-electron chi connectivity index (χ2n) is 2.88. The molecule has 0 amide bonds. The van der Waals surface area contributed by atoms with E-state index in [0.29, 0.717) is 6.42 Å². The maximum absolute atomic E-state index is 9.04. The van der Waals surface area contributed by atoms with Crippen molar-refractivity contribution in [2.75, 3.05) is 0 Å². The van der Waals surface area contributed by atoms with Crippen LogP contribution in [-0.2, 0) is 6.42 Å². The highest BCUT2D eigenvalue weighted by Gasteiger charge is 1.98. The molecule has 0 bridgehead atoms. The number of aryl methyl sites for hydroxylation is 1. The number of aromatic nitrogens is 1. The van der Waals surface area contributed by atoms with E-state index in [0.717, 1.165) is 11.3 Å². The molecule has 0 saturated heterocycles. The van der Waals surface area contributed by atoms with E-state index >= 15 is 0 Å². The lowest BCUT2D eigenvalue weighted by Crippen LogP contribution is -2.05. The minimum atomic E-state index is -0.301. The third kappa shape index (κ3) is 2.68. The van der Waals surface area contributed by atoms with Crippen LogP contribution in [0, 0.1) is 6.92 Å². The van der Waals surface area contributed by atoms with Gasteiger partial charge in [-0.3, -0.25) is 4.98 Å². The van der Waals surface area contributed by atoms with E-state index in [9.17, 15) is 0 Å². The van der Waals surface area contributed by atoms with Crippen LogP contribution in [0.1, 0.15) is 18.2 Å². The number of rotatable bonds is 2. The Morgan fingerprint density at radius 2 is 2.27 bits per heavy atom. The number of pyridine rings is 1. The standard InChI is InChI=1S/C9H13NO/c1-7-3-4-9(10-6-7)5-8(2)11/h3-4,6,8,11H,5H2,1-2H3/t8-/m1/s1. The van der Waals surface area contributed by atoms with Crippen LogP contribution in [0.5, 0.6) is 0 Å². The van der Waals surface area contributed by atoms with E-state index < -0.39 is 0 Å². The Balaban J connectivity index is 2.66. The van der Waals surface area contributed by atoms with Gasteiger partial charge in [-0.1, -0.05) is 6.07 Å². The van der Waals surface area contributed by atoms with Crippen molar-refractivity contribution < 1.29 is 5.11 Å². The second-order valence-corrected chi connectivity index (χ2v) is 2.88. The first-order valence-electron chi connectivity index (χ1n) is 3.78. The quantitative estimate of drug-likeness (QED) is 0.691. The molecule has 1 atom stereocenters. The Morgan fingerprint density at radius 1 is 1.55 bits per heavy atom. The van der Waals surface area contributed by atoms with E-state index in [2.05, 4.69) is 4.98 Å². The SMILES string of the molecule is Cc1ccc(C[C@@H](C)O)nc1. The lowest BCUT2D eigenvalue weighted by atomic mass is 10.2. The van der Waals surface area contributed by atoms with Crippen LogP contribution in [0.3, 0.4) is 0 Å². The Hall–Kier alpha value is -0.890. The van der Waals surface area contributed by atoms with Crippen LogP contribution in [0.25, 0.3) is 0 Å². The van der Waals surface area contributed by atoms with E-state index in [1.807, 2.05) is 25.3 Å². The summed E-state index contributed by atoms with van der Waals surface area (Å²) in [6, 6.07) is 3.95. The maximum atomic E-state index is 9.04. The van der Waals surface area contributed by atoms with Gasteiger partial charge in [0.15, 0.2) is 0 Å². The molecule has 0 aliphatic heterocycles. The van der Waals surface area contributed by atoms with Crippen LogP contribution < -0.4 is 0 Å². The number of aliphatic hydroxyl groups is 1. The molecule has 0 aliphatic rings. The Labute approximate surface area is 66.9 Å². The third-order valence-electron chi connectivity index (χ3n) is 1.48. The molecule has 0 aliphatic carbocycles. The molecule has 1 heterocycles. The fourth-order valence-corrected chi connectivity index (χ4v) is 0.922. The van der Waals surface area contributed by atoms with Crippen molar-refractivity contribution in [3.63, 3.8) is 0 Å². The average Bonchev–Trinajstić information content (AvgIpc) is 1.93. The molecule has 1 N–H and O–H groups in total. The molecule has 0 spiro atoms. The topological polar surface area (TPSA) is 33.1 Å². The molecule has 2 heteroatoms. The lowest BCUT2D eigenvalue weighted by molar-refractivity contribution is 0.194. The van der Waals surface area contributed by atoms with Gasteiger partial charge in [0, 0.05) is 18.3 Å². The van der Waals surface area contributed by atoms with Crippen LogP contribution in [-0.4, -0.2) is 16.2 Å². The van der Waals surface area contributed by atoms with Gasteiger partial charge in [-0.2, -0.15) is 0 Å². The maximum Gasteiger partial charge on any atom is 0.0567 e. The van der Waals surface area contributed by atoms with Gasteiger partial charge in [0.1, 0.15) is 0 Å². The molecule has 1 rings (SSSR count). The summed E-state index contributed by atoms with van der Waals surface area (Å²) in [7, 11) is 0. The van der Waals surface area contributed by atoms with Gasteiger partial charge in [-0.05, 0) is 25.5 Å². The Kier molecular flexibility index (Phi) is 2.60. The molecular weight excluding hydrogens is 138 g/mol. The number of aliphatic hydroxyl groups excluding tert-OH is 1. The minimum absolute atomic E-state index is 0.301. The van der Waals surface area contributed by atoms with Gasteiger partial charge in [0.05, 0.1) is 6.10 Å². The molecule has 0 unspecified atom stereocenters. The monoisotopic (exact) mass is 151 g/mol. The molecule has 0 radical (unpaired) electrons. The van der Waals surface area contributed by atoms with E-state index in [4.69, 9.17) is 5.11 Å². The summed E-state index contributed by atoms with van der Waals surface area (Å²) in [5.74, 6) is 0. The van der Waals surface area contributed by atoms with Crippen LogP contribution in [0.2, 0.25) is 0 Å². The summed E-state index contributed by atoms with van der Waals surface area (Å²) in [5.41, 5.74) is 2.10. The number of hydrogen-bond donors (Lipinski definition) is 1. The zero-order chi connectivity index (χ0) is 8.27. The lowest BCUT2D eigenvalue weighted by Gasteiger charge is -2.02. The van der Waals surface area contributed by atoms with Gasteiger partial charge in [-0.25, -0.2) is 0 Å². The largest absolute Gasteiger partial charge is 0.393 e. The highest BCUT2D eigenvalue weighted by atomic mass is 16.3. The van der Waals surface area contributed by atoms with Gasteiger partial charge in [0.2, 0.25) is 0 Å². The fraction of sp³-hybridized carbons (Fsp3) is 0.444. The summed E-state index contributed by atoms with van der Waals surface area (Å²) in [4.78, 5) is 4.16. The molecule has 2 nitrogen and oxygen atoms in total. The van der Waals surface area contributed by atoms with Crippen molar-refractivity contribution in [1.82, 2.24) is 4.98 Å². The highest BCUT2D eigenvalue weighted by Crippen LogP contribution is 2.01. The molecular formula is C9H13NO. The first-order valence-corrected chi connectivity index (χ1v) is 3.78. The summed E-state index contributed by atoms with van der Waals surface area (Å²) in [6.45, 7) is 3.76. The zero-order valence-corrected chi connectivity index (χ0v) is 6.91. The summed E-state index contributed by atoms with van der Waals surface area (Å²) >= 11 is 0. The van der Waals surface area contributed by atoms with Crippen LogP contribution in [0.15, 0.2) is 18.3 Å². The van der Waals surface area contributed by atoms with E-state index in [1.165, 1.54) is 0 Å². The van der Waals surface area contributed by atoms with Gasteiger partial charge >= 0.3 is 0 Å². The smallest absolute Gasteiger partial charge is 0.0567 e. The molecule has 0 fully saturated rings. The molecule has 0 saturated carbocycles. The molecule has 0 aromatic carbocycles. The predicted molar refractivity (Wildman–Crippen MR) is 44.4 cm³/mol. The first kappa shape index (κ1) is 8.21. The second kappa shape index (κ2) is 3.49. The summed E-state index contributed by atoms with van der Waals surface area (Å²) < 4.78 is 0. The van der Waals surface area contributed by atoms with Crippen molar-refractivity contribution in [2.24, 2.45) is 0 Å². The molecule has 60 valence electrons. The normalized spacial score (nSPS) is 13.0. The van der Waals surface area contributed by atoms with E-state index in [1.54, 1.807) is 6.92 Å². The third-order valence-corrected chi connectivity index (χ3v) is 1.48. The van der Waals surface area contributed by atoms with Gasteiger partial charge in [-0.15, -0.1) is 0 Å². The number of nitrogens with zero attached hydrogens (tertiary/aromatic N) is 1. The van der Waals surface area contributed by atoms with Crippen molar-refractivity contribution in [2.45, 2.75) is 26.4 Å². The van der Waals surface area contributed by atoms with Crippen LogP contribution in [0.4, 0.5) is 0 Å². The minimum Gasteiger partial charge on any atom is -0.393 e.